The maximum Gasteiger partial charge on any atom is 0.353 e. The van der Waals surface area contributed by atoms with Gasteiger partial charge in [-0.1, -0.05) is 18.2 Å². The number of rotatable bonds is 13. The Kier molecular flexibility index (Phi) is 8.88. The summed E-state index contributed by atoms with van der Waals surface area (Å²) in [5.41, 5.74) is 1.52. The van der Waals surface area contributed by atoms with E-state index in [2.05, 4.69) is 20.6 Å². The van der Waals surface area contributed by atoms with Crippen molar-refractivity contribution in [1.82, 2.24) is 9.97 Å². The van der Waals surface area contributed by atoms with Crippen LogP contribution < -0.4 is 29.6 Å². The predicted molar refractivity (Wildman–Crippen MR) is 132 cm³/mol. The molecule has 0 aliphatic heterocycles. The average Bonchev–Trinajstić information content (AvgIpc) is 2.87. The van der Waals surface area contributed by atoms with Crippen molar-refractivity contribution >= 4 is 17.3 Å². The number of hydrogen-bond donors (Lipinski definition) is 2. The topological polar surface area (TPSA) is 130 Å². The summed E-state index contributed by atoms with van der Waals surface area (Å²) < 4.78 is 21.7. The third-order valence-corrected chi connectivity index (χ3v) is 5.15. The van der Waals surface area contributed by atoms with E-state index in [-0.39, 0.29) is 23.9 Å². The highest BCUT2D eigenvalue weighted by Gasteiger charge is 2.23. The Bertz CT molecular complexity index is 1130. The summed E-state index contributed by atoms with van der Waals surface area (Å²) in [6.07, 6.45) is 1.88. The van der Waals surface area contributed by atoms with Crippen molar-refractivity contribution < 1.29 is 23.9 Å². The summed E-state index contributed by atoms with van der Waals surface area (Å²) in [7, 11) is 4.56. The molecule has 0 saturated carbocycles. The number of nitrogens with one attached hydrogen (secondary N) is 2. The quantitative estimate of drug-likeness (QED) is 0.271. The minimum absolute atomic E-state index is 0.0935. The van der Waals surface area contributed by atoms with Crippen LogP contribution in [0.3, 0.4) is 0 Å². The Labute approximate surface area is 203 Å². The highest BCUT2D eigenvalue weighted by Crippen LogP contribution is 2.38. The smallest absolute Gasteiger partial charge is 0.353 e. The molecule has 0 radical (unpaired) electrons. The maximum absolute atomic E-state index is 11.9. The summed E-state index contributed by atoms with van der Waals surface area (Å²) in [6.45, 7) is 3.14. The van der Waals surface area contributed by atoms with Crippen molar-refractivity contribution in [3.05, 3.63) is 64.0 Å². The molecule has 0 amide bonds. The number of ether oxygens (including phenoxy) is 4. The summed E-state index contributed by atoms with van der Waals surface area (Å²) >= 11 is 0. The third-order valence-electron chi connectivity index (χ3n) is 5.15. The normalized spacial score (nSPS) is 10.4. The second-order valence-corrected chi connectivity index (χ2v) is 7.28. The Morgan fingerprint density at radius 2 is 1.60 bits per heavy atom. The molecule has 1 heterocycles. The summed E-state index contributed by atoms with van der Waals surface area (Å²) in [5.74, 6) is 2.44. The number of nitro groups is 1. The molecule has 0 atom stereocenters. The van der Waals surface area contributed by atoms with Crippen LogP contribution in [0.5, 0.6) is 23.0 Å². The van der Waals surface area contributed by atoms with Crippen LogP contribution in [0, 0.1) is 10.1 Å². The first kappa shape index (κ1) is 25.3. The zero-order valence-corrected chi connectivity index (χ0v) is 20.2. The number of aromatic nitrogens is 2. The van der Waals surface area contributed by atoms with Crippen LogP contribution in [0.15, 0.2) is 42.7 Å². The molecule has 35 heavy (non-hydrogen) atoms. The van der Waals surface area contributed by atoms with Gasteiger partial charge >= 0.3 is 5.69 Å². The maximum atomic E-state index is 11.9. The van der Waals surface area contributed by atoms with Crippen molar-refractivity contribution in [2.24, 2.45) is 0 Å². The average molecular weight is 484 g/mol. The van der Waals surface area contributed by atoms with Gasteiger partial charge in [-0.2, -0.15) is 0 Å². The third kappa shape index (κ3) is 6.19. The van der Waals surface area contributed by atoms with Gasteiger partial charge in [0.05, 0.1) is 32.9 Å². The van der Waals surface area contributed by atoms with E-state index in [1.54, 1.807) is 12.1 Å². The lowest BCUT2D eigenvalue weighted by Crippen LogP contribution is -2.12. The van der Waals surface area contributed by atoms with Gasteiger partial charge in [-0.05, 0) is 42.7 Å². The molecule has 3 rings (SSSR count). The van der Waals surface area contributed by atoms with E-state index in [4.69, 9.17) is 18.9 Å². The molecule has 0 unspecified atom stereocenters. The van der Waals surface area contributed by atoms with Crippen LogP contribution in [0.2, 0.25) is 0 Å². The van der Waals surface area contributed by atoms with E-state index < -0.39 is 4.92 Å². The van der Waals surface area contributed by atoms with Crippen LogP contribution in [-0.4, -0.2) is 49.4 Å². The first-order valence-corrected chi connectivity index (χ1v) is 11.0. The van der Waals surface area contributed by atoms with Gasteiger partial charge in [-0.15, -0.1) is 0 Å². The summed E-state index contributed by atoms with van der Waals surface area (Å²) in [6, 6.07) is 11.2. The standard InChI is InChI=1S/C24H29N5O6/c1-5-35-18-9-7-6-8-17(18)10-11-25-23-21(29(30)31)24(28-15-27-23)26-14-16-12-19(32-2)22(34-4)20(13-16)33-3/h6-9,12-13,15H,5,10-11,14H2,1-4H3,(H2,25,26,27,28). The van der Waals surface area contributed by atoms with Crippen molar-refractivity contribution in [3.8, 4) is 23.0 Å². The summed E-state index contributed by atoms with van der Waals surface area (Å²) in [4.78, 5) is 19.6. The van der Waals surface area contributed by atoms with Crippen LogP contribution in [0.4, 0.5) is 17.3 Å². The van der Waals surface area contributed by atoms with Gasteiger partial charge in [0.25, 0.3) is 0 Å². The number of hydrogen-bond acceptors (Lipinski definition) is 10. The molecule has 0 aliphatic rings. The van der Waals surface area contributed by atoms with Gasteiger partial charge in [0.2, 0.25) is 17.4 Å². The molecule has 2 N–H and O–H groups in total. The molecular weight excluding hydrogens is 454 g/mol. The van der Waals surface area contributed by atoms with E-state index >= 15 is 0 Å². The van der Waals surface area contributed by atoms with Gasteiger partial charge in [0, 0.05) is 13.1 Å². The molecule has 2 aromatic carbocycles. The van der Waals surface area contributed by atoms with Crippen molar-refractivity contribution in [3.63, 3.8) is 0 Å². The van der Waals surface area contributed by atoms with Crippen LogP contribution >= 0.6 is 0 Å². The molecule has 186 valence electrons. The molecule has 0 aliphatic carbocycles. The first-order chi connectivity index (χ1) is 17.0. The molecule has 0 spiro atoms. The lowest BCUT2D eigenvalue weighted by atomic mass is 10.1. The molecule has 0 saturated heterocycles. The molecule has 3 aromatic rings. The SMILES string of the molecule is CCOc1ccccc1CCNc1ncnc(NCc2cc(OC)c(OC)c(OC)c2)c1[N+](=O)[O-]. The molecule has 11 heteroatoms. The van der Waals surface area contributed by atoms with E-state index in [9.17, 15) is 10.1 Å². The predicted octanol–water partition coefficient (Wildman–Crippen LogP) is 4.08. The second-order valence-electron chi connectivity index (χ2n) is 7.28. The van der Waals surface area contributed by atoms with Gasteiger partial charge < -0.3 is 29.6 Å². The van der Waals surface area contributed by atoms with Gasteiger partial charge in [-0.25, -0.2) is 9.97 Å². The Morgan fingerprint density at radius 3 is 2.20 bits per heavy atom. The highest BCUT2D eigenvalue weighted by molar-refractivity contribution is 5.69. The van der Waals surface area contributed by atoms with E-state index in [1.807, 2.05) is 31.2 Å². The largest absolute Gasteiger partial charge is 0.494 e. The Hall–Kier alpha value is -4.28. The number of para-hydroxylation sites is 1. The van der Waals surface area contributed by atoms with Crippen LogP contribution in [0.1, 0.15) is 18.1 Å². The van der Waals surface area contributed by atoms with E-state index in [0.717, 1.165) is 16.9 Å². The zero-order chi connectivity index (χ0) is 25.2. The number of anilines is 2. The van der Waals surface area contributed by atoms with Crippen molar-refractivity contribution in [1.29, 1.82) is 0 Å². The second kappa shape index (κ2) is 12.3. The van der Waals surface area contributed by atoms with E-state index in [0.29, 0.717) is 36.8 Å². The molecule has 11 nitrogen and oxygen atoms in total. The van der Waals surface area contributed by atoms with Crippen molar-refractivity contribution in [2.45, 2.75) is 19.9 Å². The van der Waals surface area contributed by atoms with E-state index in [1.165, 1.54) is 27.7 Å². The van der Waals surface area contributed by atoms with Gasteiger partial charge in [-0.3, -0.25) is 10.1 Å². The van der Waals surface area contributed by atoms with Crippen LogP contribution in [-0.2, 0) is 13.0 Å². The molecular formula is C24H29N5O6. The molecule has 1 aromatic heterocycles. The minimum atomic E-state index is -0.506. The Balaban J connectivity index is 1.76. The number of benzene rings is 2. The van der Waals surface area contributed by atoms with Crippen molar-refractivity contribution in [2.75, 3.05) is 45.1 Å². The monoisotopic (exact) mass is 483 g/mol. The zero-order valence-electron chi connectivity index (χ0n) is 20.2. The minimum Gasteiger partial charge on any atom is -0.494 e. The molecule has 0 fully saturated rings. The molecule has 0 bridgehead atoms. The number of methoxy groups -OCH3 is 3. The fourth-order valence-electron chi connectivity index (χ4n) is 3.56. The Morgan fingerprint density at radius 1 is 0.943 bits per heavy atom. The number of nitrogens with zero attached hydrogens (tertiary/aromatic N) is 3. The fraction of sp³-hybridized carbons (Fsp3) is 0.333. The van der Waals surface area contributed by atoms with Gasteiger partial charge in [0.15, 0.2) is 11.5 Å². The highest BCUT2D eigenvalue weighted by atomic mass is 16.6. The first-order valence-electron chi connectivity index (χ1n) is 11.0. The van der Waals surface area contributed by atoms with Crippen LogP contribution in [0.25, 0.3) is 0 Å². The summed E-state index contributed by atoms with van der Waals surface area (Å²) in [5, 5.41) is 18.0. The fourth-order valence-corrected chi connectivity index (χ4v) is 3.56. The lowest BCUT2D eigenvalue weighted by molar-refractivity contribution is -0.383. The van der Waals surface area contributed by atoms with Gasteiger partial charge in [0.1, 0.15) is 12.1 Å². The lowest BCUT2D eigenvalue weighted by Gasteiger charge is -2.15.